The van der Waals surface area contributed by atoms with Crippen molar-refractivity contribution in [1.82, 2.24) is 10.2 Å². The molecule has 6 heteroatoms. The summed E-state index contributed by atoms with van der Waals surface area (Å²) < 4.78 is 10.5. The SMILES string of the molecule is COCOc1ccccc1-c1cc2cc(Cl)c(C#N)cc2nn1. The first-order chi connectivity index (χ1) is 11.2. The van der Waals surface area contributed by atoms with Crippen molar-refractivity contribution in [2.24, 2.45) is 0 Å². The third-order valence-corrected chi connectivity index (χ3v) is 3.60. The molecule has 0 saturated carbocycles. The maximum absolute atomic E-state index is 9.02. The van der Waals surface area contributed by atoms with Crippen LogP contribution in [0.3, 0.4) is 0 Å². The van der Waals surface area contributed by atoms with Crippen LogP contribution in [0, 0.1) is 11.3 Å². The Hall–Kier alpha value is -2.68. The van der Waals surface area contributed by atoms with Gasteiger partial charge in [-0.2, -0.15) is 5.26 Å². The van der Waals surface area contributed by atoms with Crippen molar-refractivity contribution in [2.75, 3.05) is 13.9 Å². The molecule has 0 radical (unpaired) electrons. The lowest BCUT2D eigenvalue weighted by Gasteiger charge is -2.10. The van der Waals surface area contributed by atoms with Crippen LogP contribution in [0.25, 0.3) is 22.2 Å². The standard InChI is InChI=1S/C17H12ClN3O2/c1-22-10-23-17-5-3-2-4-13(17)16-7-11-6-14(18)12(9-19)8-15(11)20-21-16/h2-8H,10H2,1H3. The molecule has 0 aliphatic rings. The van der Waals surface area contributed by atoms with E-state index in [0.717, 1.165) is 10.9 Å². The van der Waals surface area contributed by atoms with Crippen LogP contribution in [0.2, 0.25) is 5.02 Å². The van der Waals surface area contributed by atoms with Crippen molar-refractivity contribution in [3.05, 3.63) is 53.1 Å². The predicted molar refractivity (Wildman–Crippen MR) is 87.2 cm³/mol. The number of hydrogen-bond donors (Lipinski definition) is 0. The first-order valence-electron chi connectivity index (χ1n) is 6.81. The number of benzene rings is 2. The third-order valence-electron chi connectivity index (χ3n) is 3.29. The summed E-state index contributed by atoms with van der Waals surface area (Å²) in [5.74, 6) is 0.655. The van der Waals surface area contributed by atoms with Gasteiger partial charge in [0.15, 0.2) is 6.79 Å². The molecule has 3 aromatic rings. The number of para-hydroxylation sites is 1. The number of rotatable bonds is 4. The largest absolute Gasteiger partial charge is 0.467 e. The van der Waals surface area contributed by atoms with E-state index in [1.165, 1.54) is 0 Å². The molecule has 0 aliphatic heterocycles. The average Bonchev–Trinajstić information content (AvgIpc) is 2.59. The van der Waals surface area contributed by atoms with E-state index in [9.17, 15) is 0 Å². The fourth-order valence-corrected chi connectivity index (χ4v) is 2.42. The lowest BCUT2D eigenvalue weighted by molar-refractivity contribution is 0.0515. The van der Waals surface area contributed by atoms with Gasteiger partial charge in [-0.15, -0.1) is 10.2 Å². The zero-order valence-corrected chi connectivity index (χ0v) is 13.0. The van der Waals surface area contributed by atoms with Crippen molar-refractivity contribution in [3.63, 3.8) is 0 Å². The number of fused-ring (bicyclic) bond motifs is 1. The molecule has 2 aromatic carbocycles. The number of ether oxygens (including phenoxy) is 2. The fraction of sp³-hybridized carbons (Fsp3) is 0.118. The van der Waals surface area contributed by atoms with E-state index in [1.807, 2.05) is 36.4 Å². The van der Waals surface area contributed by atoms with E-state index >= 15 is 0 Å². The maximum atomic E-state index is 9.02. The van der Waals surface area contributed by atoms with E-state index < -0.39 is 0 Å². The van der Waals surface area contributed by atoms with Crippen LogP contribution < -0.4 is 4.74 Å². The molecule has 3 rings (SSSR count). The Morgan fingerprint density at radius 3 is 2.78 bits per heavy atom. The highest BCUT2D eigenvalue weighted by Crippen LogP contribution is 2.30. The number of halogens is 1. The minimum atomic E-state index is 0.148. The Morgan fingerprint density at radius 2 is 2.00 bits per heavy atom. The summed E-state index contributed by atoms with van der Waals surface area (Å²) >= 11 is 6.09. The van der Waals surface area contributed by atoms with Gasteiger partial charge in [0.25, 0.3) is 0 Å². The zero-order chi connectivity index (χ0) is 16.2. The van der Waals surface area contributed by atoms with Crippen LogP contribution in [-0.2, 0) is 4.74 Å². The van der Waals surface area contributed by atoms with Gasteiger partial charge in [-0.1, -0.05) is 23.7 Å². The minimum absolute atomic E-state index is 0.148. The highest BCUT2D eigenvalue weighted by Gasteiger charge is 2.10. The lowest BCUT2D eigenvalue weighted by Crippen LogP contribution is -2.01. The van der Waals surface area contributed by atoms with Crippen LogP contribution in [0.15, 0.2) is 42.5 Å². The zero-order valence-electron chi connectivity index (χ0n) is 12.3. The maximum Gasteiger partial charge on any atom is 0.188 e. The second kappa shape index (κ2) is 6.61. The molecular formula is C17H12ClN3O2. The summed E-state index contributed by atoms with van der Waals surface area (Å²) in [5.41, 5.74) is 2.46. The molecule has 0 spiro atoms. The van der Waals surface area contributed by atoms with Crippen LogP contribution in [0.1, 0.15) is 5.56 Å². The molecule has 114 valence electrons. The van der Waals surface area contributed by atoms with Crippen molar-refractivity contribution in [1.29, 1.82) is 5.26 Å². The molecular weight excluding hydrogens is 314 g/mol. The predicted octanol–water partition coefficient (Wildman–Crippen LogP) is 3.80. The van der Waals surface area contributed by atoms with E-state index in [1.54, 1.807) is 19.2 Å². The van der Waals surface area contributed by atoms with Crippen LogP contribution >= 0.6 is 11.6 Å². The van der Waals surface area contributed by atoms with E-state index in [0.29, 0.717) is 27.5 Å². The highest BCUT2D eigenvalue weighted by molar-refractivity contribution is 6.32. The van der Waals surface area contributed by atoms with Gasteiger partial charge in [0.1, 0.15) is 11.8 Å². The molecule has 0 aliphatic carbocycles. The van der Waals surface area contributed by atoms with Gasteiger partial charge < -0.3 is 9.47 Å². The monoisotopic (exact) mass is 325 g/mol. The molecule has 0 unspecified atom stereocenters. The summed E-state index contributed by atoms with van der Waals surface area (Å²) in [5, 5.41) is 18.6. The van der Waals surface area contributed by atoms with Crippen molar-refractivity contribution in [3.8, 4) is 23.1 Å². The fourth-order valence-electron chi connectivity index (χ4n) is 2.21. The number of methoxy groups -OCH3 is 1. The highest BCUT2D eigenvalue weighted by atomic mass is 35.5. The summed E-state index contributed by atoms with van der Waals surface area (Å²) in [6, 6.07) is 14.7. The molecule has 0 atom stereocenters. The summed E-state index contributed by atoms with van der Waals surface area (Å²) in [6.45, 7) is 0.148. The van der Waals surface area contributed by atoms with E-state index in [-0.39, 0.29) is 6.79 Å². The number of hydrogen-bond acceptors (Lipinski definition) is 5. The minimum Gasteiger partial charge on any atom is -0.467 e. The van der Waals surface area contributed by atoms with E-state index in [2.05, 4.69) is 10.2 Å². The third kappa shape index (κ3) is 3.09. The van der Waals surface area contributed by atoms with Crippen molar-refractivity contribution in [2.45, 2.75) is 0 Å². The lowest BCUT2D eigenvalue weighted by atomic mass is 10.1. The Morgan fingerprint density at radius 1 is 1.17 bits per heavy atom. The van der Waals surface area contributed by atoms with Gasteiger partial charge in [-0.05, 0) is 30.3 Å². The van der Waals surface area contributed by atoms with Crippen molar-refractivity contribution < 1.29 is 9.47 Å². The summed E-state index contributed by atoms with van der Waals surface area (Å²) in [4.78, 5) is 0. The van der Waals surface area contributed by atoms with Gasteiger partial charge >= 0.3 is 0 Å². The quantitative estimate of drug-likeness (QED) is 0.682. The molecule has 23 heavy (non-hydrogen) atoms. The van der Waals surface area contributed by atoms with Crippen LogP contribution in [0.4, 0.5) is 0 Å². The van der Waals surface area contributed by atoms with Crippen LogP contribution in [0.5, 0.6) is 5.75 Å². The van der Waals surface area contributed by atoms with E-state index in [4.69, 9.17) is 26.3 Å². The molecule has 0 saturated heterocycles. The second-order valence-electron chi connectivity index (χ2n) is 4.78. The Kier molecular flexibility index (Phi) is 4.38. The average molecular weight is 326 g/mol. The second-order valence-corrected chi connectivity index (χ2v) is 5.19. The van der Waals surface area contributed by atoms with Crippen LogP contribution in [-0.4, -0.2) is 24.1 Å². The topological polar surface area (TPSA) is 68.0 Å². The molecule has 0 bridgehead atoms. The van der Waals surface area contributed by atoms with Gasteiger partial charge in [0.05, 0.1) is 21.8 Å². The molecule has 0 N–H and O–H groups in total. The molecule has 5 nitrogen and oxygen atoms in total. The normalized spacial score (nSPS) is 10.5. The van der Waals surface area contributed by atoms with Crippen molar-refractivity contribution >= 4 is 22.5 Å². The molecule has 1 heterocycles. The Bertz CT molecular complexity index is 906. The van der Waals surface area contributed by atoms with Gasteiger partial charge in [-0.25, -0.2) is 0 Å². The number of nitrogens with zero attached hydrogens (tertiary/aromatic N) is 3. The first kappa shape index (κ1) is 15.2. The Labute approximate surface area is 138 Å². The molecule has 0 fully saturated rings. The molecule has 1 aromatic heterocycles. The Balaban J connectivity index is 2.09. The summed E-state index contributed by atoms with van der Waals surface area (Å²) in [7, 11) is 1.56. The molecule has 0 amide bonds. The van der Waals surface area contributed by atoms with Gasteiger partial charge in [-0.3, -0.25) is 0 Å². The smallest absolute Gasteiger partial charge is 0.188 e. The van der Waals surface area contributed by atoms with Gasteiger partial charge in [0, 0.05) is 18.1 Å². The number of aromatic nitrogens is 2. The summed E-state index contributed by atoms with van der Waals surface area (Å²) in [6.07, 6.45) is 0. The van der Waals surface area contributed by atoms with Gasteiger partial charge in [0.2, 0.25) is 0 Å². The first-order valence-corrected chi connectivity index (χ1v) is 7.19. The number of nitriles is 1.